The minimum absolute atomic E-state index is 0.481. The monoisotopic (exact) mass is 247 g/mol. The van der Waals surface area contributed by atoms with Gasteiger partial charge in [0, 0.05) is 43.6 Å². The van der Waals surface area contributed by atoms with E-state index in [0.717, 1.165) is 13.1 Å². The Balaban J connectivity index is 2.12. The predicted octanol–water partition coefficient (Wildman–Crippen LogP) is 2.61. The maximum atomic E-state index is 4.11. The average Bonchev–Trinajstić information content (AvgIpc) is 2.46. The maximum absolute atomic E-state index is 4.11. The van der Waals surface area contributed by atoms with Crippen molar-refractivity contribution in [3.8, 4) is 0 Å². The van der Waals surface area contributed by atoms with E-state index in [1.54, 1.807) is 0 Å². The number of nitrogens with zero attached hydrogens (tertiary/aromatic N) is 2. The third-order valence-electron chi connectivity index (χ3n) is 4.19. The molecule has 2 heterocycles. The number of nitrogens with one attached hydrogen (secondary N) is 1. The van der Waals surface area contributed by atoms with E-state index in [4.69, 9.17) is 0 Å². The van der Waals surface area contributed by atoms with Crippen molar-refractivity contribution in [2.45, 2.75) is 51.7 Å². The molecule has 1 saturated heterocycles. The molecule has 0 saturated carbocycles. The van der Waals surface area contributed by atoms with Crippen LogP contribution in [0.5, 0.6) is 0 Å². The zero-order chi connectivity index (χ0) is 13.0. The van der Waals surface area contributed by atoms with E-state index in [1.807, 2.05) is 12.4 Å². The van der Waals surface area contributed by atoms with E-state index in [1.165, 1.54) is 18.4 Å². The number of pyridine rings is 1. The maximum Gasteiger partial charge on any atom is 0.0325 e. The summed E-state index contributed by atoms with van der Waals surface area (Å²) in [6.45, 7) is 9.13. The highest BCUT2D eigenvalue weighted by Gasteiger charge is 2.29. The van der Waals surface area contributed by atoms with Gasteiger partial charge in [-0.15, -0.1) is 0 Å². The molecule has 1 fully saturated rings. The SMILES string of the molecule is CCC1CN(C(C)c2ccncc2)C(CC)CN1. The van der Waals surface area contributed by atoms with Gasteiger partial charge in [0.2, 0.25) is 0 Å². The lowest BCUT2D eigenvalue weighted by molar-refractivity contribution is 0.0850. The van der Waals surface area contributed by atoms with E-state index < -0.39 is 0 Å². The number of rotatable bonds is 4. The fourth-order valence-electron chi connectivity index (χ4n) is 2.85. The van der Waals surface area contributed by atoms with Gasteiger partial charge in [-0.3, -0.25) is 9.88 Å². The van der Waals surface area contributed by atoms with Crippen LogP contribution >= 0.6 is 0 Å². The van der Waals surface area contributed by atoms with Crippen LogP contribution in [0.4, 0.5) is 0 Å². The van der Waals surface area contributed by atoms with Crippen LogP contribution in [0.15, 0.2) is 24.5 Å². The summed E-state index contributed by atoms with van der Waals surface area (Å²) in [7, 11) is 0. The highest BCUT2D eigenvalue weighted by Crippen LogP contribution is 2.25. The predicted molar refractivity (Wildman–Crippen MR) is 75.5 cm³/mol. The summed E-state index contributed by atoms with van der Waals surface area (Å²) in [4.78, 5) is 6.77. The molecule has 1 aromatic heterocycles. The molecule has 3 unspecified atom stereocenters. The van der Waals surface area contributed by atoms with Gasteiger partial charge in [-0.25, -0.2) is 0 Å². The fraction of sp³-hybridized carbons (Fsp3) is 0.667. The van der Waals surface area contributed by atoms with Crippen molar-refractivity contribution >= 4 is 0 Å². The van der Waals surface area contributed by atoms with Gasteiger partial charge in [0.05, 0.1) is 0 Å². The standard InChI is InChI=1S/C15H25N3/c1-4-14-11-18(15(5-2)10-17-14)12(3)13-6-8-16-9-7-13/h6-9,12,14-15,17H,4-5,10-11H2,1-3H3. The largest absolute Gasteiger partial charge is 0.311 e. The van der Waals surface area contributed by atoms with Gasteiger partial charge in [-0.1, -0.05) is 13.8 Å². The number of hydrogen-bond acceptors (Lipinski definition) is 3. The van der Waals surface area contributed by atoms with Gasteiger partial charge in [-0.05, 0) is 37.5 Å². The minimum atomic E-state index is 0.481. The van der Waals surface area contributed by atoms with Gasteiger partial charge in [-0.2, -0.15) is 0 Å². The molecule has 3 heteroatoms. The quantitative estimate of drug-likeness (QED) is 0.886. The highest BCUT2D eigenvalue weighted by atomic mass is 15.2. The van der Waals surface area contributed by atoms with Crippen LogP contribution in [0.1, 0.15) is 45.2 Å². The molecule has 1 aliphatic rings. The molecule has 1 N–H and O–H groups in total. The molecule has 0 aliphatic carbocycles. The molecule has 0 radical (unpaired) electrons. The zero-order valence-corrected chi connectivity index (χ0v) is 11.8. The molecule has 2 rings (SSSR count). The van der Waals surface area contributed by atoms with Crippen molar-refractivity contribution < 1.29 is 0 Å². The average molecular weight is 247 g/mol. The first-order valence-electron chi connectivity index (χ1n) is 7.15. The van der Waals surface area contributed by atoms with E-state index in [0.29, 0.717) is 18.1 Å². The molecule has 3 nitrogen and oxygen atoms in total. The van der Waals surface area contributed by atoms with Gasteiger partial charge >= 0.3 is 0 Å². The van der Waals surface area contributed by atoms with E-state index >= 15 is 0 Å². The Kier molecular flexibility index (Phi) is 4.72. The number of piperazine rings is 1. The first-order valence-corrected chi connectivity index (χ1v) is 7.15. The summed E-state index contributed by atoms with van der Waals surface area (Å²) in [6, 6.07) is 6.04. The van der Waals surface area contributed by atoms with Crippen molar-refractivity contribution in [3.63, 3.8) is 0 Å². The van der Waals surface area contributed by atoms with Crippen LogP contribution in [0.3, 0.4) is 0 Å². The van der Waals surface area contributed by atoms with Crippen molar-refractivity contribution in [3.05, 3.63) is 30.1 Å². The van der Waals surface area contributed by atoms with Crippen molar-refractivity contribution in [1.82, 2.24) is 15.2 Å². The van der Waals surface area contributed by atoms with Crippen LogP contribution in [0, 0.1) is 0 Å². The van der Waals surface area contributed by atoms with E-state index in [2.05, 4.69) is 48.1 Å². The highest BCUT2D eigenvalue weighted by molar-refractivity contribution is 5.15. The molecule has 0 bridgehead atoms. The van der Waals surface area contributed by atoms with Crippen molar-refractivity contribution in [2.24, 2.45) is 0 Å². The molecule has 3 atom stereocenters. The lowest BCUT2D eigenvalue weighted by Gasteiger charge is -2.43. The molecule has 1 aromatic rings. The Morgan fingerprint density at radius 2 is 2.06 bits per heavy atom. The first-order chi connectivity index (χ1) is 8.76. The van der Waals surface area contributed by atoms with Crippen molar-refractivity contribution in [2.75, 3.05) is 13.1 Å². The summed E-state index contributed by atoms with van der Waals surface area (Å²) in [5.41, 5.74) is 1.38. The molecule has 1 aliphatic heterocycles. The molecule has 0 spiro atoms. The third kappa shape index (κ3) is 2.90. The Morgan fingerprint density at radius 3 is 2.67 bits per heavy atom. The molecule has 0 amide bonds. The summed E-state index contributed by atoms with van der Waals surface area (Å²) in [5.74, 6) is 0. The lowest BCUT2D eigenvalue weighted by Crippen LogP contribution is -2.56. The Bertz CT molecular complexity index is 352. The second kappa shape index (κ2) is 6.30. The third-order valence-corrected chi connectivity index (χ3v) is 4.19. The van der Waals surface area contributed by atoms with Gasteiger partial charge in [0.1, 0.15) is 0 Å². The summed E-state index contributed by atoms with van der Waals surface area (Å²) < 4.78 is 0. The van der Waals surface area contributed by atoms with Gasteiger partial charge in [0.15, 0.2) is 0 Å². The topological polar surface area (TPSA) is 28.2 Å². The Labute approximate surface area is 111 Å². The second-order valence-corrected chi connectivity index (χ2v) is 5.23. The Hall–Kier alpha value is -0.930. The second-order valence-electron chi connectivity index (χ2n) is 5.23. The number of hydrogen-bond donors (Lipinski definition) is 1. The minimum Gasteiger partial charge on any atom is -0.311 e. The molecular formula is C15H25N3. The van der Waals surface area contributed by atoms with Gasteiger partial charge in [0.25, 0.3) is 0 Å². The first kappa shape index (κ1) is 13.5. The van der Waals surface area contributed by atoms with Crippen molar-refractivity contribution in [1.29, 1.82) is 0 Å². The summed E-state index contributed by atoms with van der Waals surface area (Å²) >= 11 is 0. The molecular weight excluding hydrogens is 222 g/mol. The lowest BCUT2D eigenvalue weighted by atomic mass is 9.99. The van der Waals surface area contributed by atoms with Crippen LogP contribution in [0.2, 0.25) is 0 Å². The summed E-state index contributed by atoms with van der Waals surface area (Å²) in [5, 5.41) is 3.65. The molecule has 18 heavy (non-hydrogen) atoms. The van der Waals surface area contributed by atoms with Crippen LogP contribution in [-0.2, 0) is 0 Å². The van der Waals surface area contributed by atoms with Crippen LogP contribution in [-0.4, -0.2) is 35.1 Å². The van der Waals surface area contributed by atoms with E-state index in [-0.39, 0.29) is 0 Å². The van der Waals surface area contributed by atoms with E-state index in [9.17, 15) is 0 Å². The van der Waals surface area contributed by atoms with Gasteiger partial charge < -0.3 is 5.32 Å². The van der Waals surface area contributed by atoms with Crippen LogP contribution < -0.4 is 5.32 Å². The molecule has 100 valence electrons. The normalized spacial score (nSPS) is 27.1. The Morgan fingerprint density at radius 1 is 1.33 bits per heavy atom. The zero-order valence-electron chi connectivity index (χ0n) is 11.8. The summed E-state index contributed by atoms with van der Waals surface area (Å²) in [6.07, 6.45) is 6.20. The fourth-order valence-corrected chi connectivity index (χ4v) is 2.85. The smallest absolute Gasteiger partial charge is 0.0325 e. The molecule has 0 aromatic carbocycles. The number of aromatic nitrogens is 1. The van der Waals surface area contributed by atoms with Crippen LogP contribution in [0.25, 0.3) is 0 Å².